The first kappa shape index (κ1) is 22.0. The molecule has 4 fully saturated rings. The molecule has 34 heavy (non-hydrogen) atoms. The molecule has 0 radical (unpaired) electrons. The Morgan fingerprint density at radius 2 is 1.94 bits per heavy atom. The molecular formula is C27H34N4O3. The summed E-state index contributed by atoms with van der Waals surface area (Å²) in [5.41, 5.74) is 10.2. The Hall–Kier alpha value is -2.48. The van der Waals surface area contributed by atoms with Gasteiger partial charge in [-0.3, -0.25) is 4.79 Å². The summed E-state index contributed by atoms with van der Waals surface area (Å²) in [5.74, 6) is 1.54. The van der Waals surface area contributed by atoms with Gasteiger partial charge in [0.15, 0.2) is 0 Å². The molecule has 2 saturated heterocycles. The van der Waals surface area contributed by atoms with Crippen molar-refractivity contribution < 1.29 is 14.6 Å². The number of nitrogens with one attached hydrogen (secondary N) is 1. The fourth-order valence-electron chi connectivity index (χ4n) is 6.22. The topological polar surface area (TPSA) is 101 Å². The highest BCUT2D eigenvalue weighted by atomic mass is 16.5. The van der Waals surface area contributed by atoms with E-state index in [2.05, 4.69) is 39.5 Å². The van der Waals surface area contributed by atoms with Crippen molar-refractivity contribution in [2.24, 2.45) is 11.8 Å². The fraction of sp³-hybridized carbons (Fsp3) is 0.556. The van der Waals surface area contributed by atoms with Gasteiger partial charge in [-0.15, -0.1) is 0 Å². The zero-order valence-electron chi connectivity index (χ0n) is 19.6. The third-order valence-electron chi connectivity index (χ3n) is 8.43. The highest BCUT2D eigenvalue weighted by Crippen LogP contribution is 2.59. The van der Waals surface area contributed by atoms with E-state index < -0.39 is 0 Å². The number of amides is 1. The Bertz CT molecular complexity index is 1060. The van der Waals surface area contributed by atoms with Gasteiger partial charge in [-0.05, 0) is 55.2 Å². The van der Waals surface area contributed by atoms with Crippen LogP contribution >= 0.6 is 0 Å². The van der Waals surface area contributed by atoms with E-state index in [1.165, 1.54) is 25.1 Å². The molecule has 1 aromatic heterocycles. The molecule has 2 atom stereocenters. The van der Waals surface area contributed by atoms with Crippen LogP contribution in [-0.4, -0.2) is 65.9 Å². The third-order valence-corrected chi connectivity index (χ3v) is 8.43. The molecule has 0 unspecified atom stereocenters. The summed E-state index contributed by atoms with van der Waals surface area (Å²) in [4.78, 5) is 19.8. The standard InChI is InChI=1S/C27H34N4O3/c28-25-24(26(33)30-22-5-7-23(32)8-6-22)9-19(11-29-25)18-1-3-20(4-2-18)27-10-21(27)13-31(16-27)12-17-14-34-15-17/h1-4,9,11,17,21-23,32H,5-8,10,12-16H2,(H2,28,29)(H,30,33)/t21-,22-,23-,27+/m0/s1. The predicted octanol–water partition coefficient (Wildman–Crippen LogP) is 2.58. The van der Waals surface area contributed by atoms with Crippen molar-refractivity contribution in [3.63, 3.8) is 0 Å². The molecule has 0 bridgehead atoms. The van der Waals surface area contributed by atoms with Crippen LogP contribution in [0.15, 0.2) is 36.5 Å². The number of ether oxygens (including phenoxy) is 1. The number of nitrogens with zero attached hydrogens (tertiary/aromatic N) is 2. The van der Waals surface area contributed by atoms with Crippen molar-refractivity contribution >= 4 is 11.7 Å². The smallest absolute Gasteiger partial charge is 0.255 e. The zero-order valence-corrected chi connectivity index (χ0v) is 19.6. The fourth-order valence-corrected chi connectivity index (χ4v) is 6.22. The molecule has 7 nitrogen and oxygen atoms in total. The molecule has 4 N–H and O–H groups in total. The van der Waals surface area contributed by atoms with Gasteiger partial charge < -0.3 is 25.8 Å². The molecular weight excluding hydrogens is 428 g/mol. The lowest BCUT2D eigenvalue weighted by molar-refractivity contribution is -0.0452. The maximum Gasteiger partial charge on any atom is 0.255 e. The average molecular weight is 463 g/mol. The van der Waals surface area contributed by atoms with Gasteiger partial charge in [-0.1, -0.05) is 24.3 Å². The summed E-state index contributed by atoms with van der Waals surface area (Å²) in [7, 11) is 0. The maximum atomic E-state index is 12.9. The summed E-state index contributed by atoms with van der Waals surface area (Å²) < 4.78 is 5.35. The molecule has 1 amide bonds. The van der Waals surface area contributed by atoms with Crippen LogP contribution in [-0.2, 0) is 10.2 Å². The lowest BCUT2D eigenvalue weighted by atomic mass is 9.92. The lowest BCUT2D eigenvalue weighted by Gasteiger charge is -2.31. The van der Waals surface area contributed by atoms with E-state index in [0.29, 0.717) is 16.9 Å². The van der Waals surface area contributed by atoms with Crippen LogP contribution < -0.4 is 11.1 Å². The number of hydrogen-bond donors (Lipinski definition) is 3. The van der Waals surface area contributed by atoms with E-state index in [9.17, 15) is 9.90 Å². The van der Waals surface area contributed by atoms with Crippen LogP contribution in [0.1, 0.15) is 48.0 Å². The molecule has 3 heterocycles. The van der Waals surface area contributed by atoms with Crippen LogP contribution in [0.4, 0.5) is 5.82 Å². The molecule has 2 aromatic rings. The number of nitrogen functional groups attached to an aromatic ring is 1. The molecule has 4 aliphatic rings. The van der Waals surface area contributed by atoms with E-state index >= 15 is 0 Å². The second-order valence-electron chi connectivity index (χ2n) is 10.9. The van der Waals surface area contributed by atoms with Gasteiger partial charge in [0.05, 0.1) is 24.9 Å². The molecule has 2 aliphatic heterocycles. The SMILES string of the molecule is Nc1ncc(-c2ccc([C@]34C[C@H]3CN(CC3COC3)C4)cc2)cc1C(=O)N[C@H]1CC[C@H](O)CC1. The number of carbonyl (C=O) groups is 1. The number of likely N-dealkylation sites (tertiary alicyclic amines) is 1. The minimum absolute atomic E-state index is 0.0757. The first-order chi connectivity index (χ1) is 16.5. The number of anilines is 1. The van der Waals surface area contributed by atoms with Gasteiger partial charge in [0.25, 0.3) is 5.91 Å². The van der Waals surface area contributed by atoms with Crippen molar-refractivity contribution in [3.8, 4) is 11.1 Å². The molecule has 2 aliphatic carbocycles. The number of fused-ring (bicyclic) bond motifs is 1. The average Bonchev–Trinajstić information content (AvgIpc) is 3.39. The first-order valence-electron chi connectivity index (χ1n) is 12.7. The van der Waals surface area contributed by atoms with Gasteiger partial charge in [0, 0.05) is 48.8 Å². The van der Waals surface area contributed by atoms with Gasteiger partial charge in [-0.25, -0.2) is 4.98 Å². The van der Waals surface area contributed by atoms with Gasteiger partial charge >= 0.3 is 0 Å². The van der Waals surface area contributed by atoms with Crippen molar-refractivity contribution in [1.29, 1.82) is 0 Å². The highest BCUT2D eigenvalue weighted by Gasteiger charge is 2.60. The van der Waals surface area contributed by atoms with Crippen LogP contribution in [0.3, 0.4) is 0 Å². The second kappa shape index (κ2) is 8.63. The predicted molar refractivity (Wildman–Crippen MR) is 130 cm³/mol. The van der Waals surface area contributed by atoms with Gasteiger partial charge in [0.2, 0.25) is 0 Å². The Kier molecular flexibility index (Phi) is 5.59. The van der Waals surface area contributed by atoms with E-state index in [1.54, 1.807) is 6.20 Å². The summed E-state index contributed by atoms with van der Waals surface area (Å²) in [6.07, 6.45) is 5.80. The normalized spacial score (nSPS) is 31.0. The molecule has 1 aromatic carbocycles. The molecule has 0 spiro atoms. The van der Waals surface area contributed by atoms with Crippen LogP contribution in [0, 0.1) is 11.8 Å². The first-order valence-corrected chi connectivity index (χ1v) is 12.7. The monoisotopic (exact) mass is 462 g/mol. The lowest BCUT2D eigenvalue weighted by Crippen LogP contribution is -2.40. The maximum absolute atomic E-state index is 12.9. The largest absolute Gasteiger partial charge is 0.393 e. The summed E-state index contributed by atoms with van der Waals surface area (Å²) in [6.45, 7) is 5.36. The highest BCUT2D eigenvalue weighted by molar-refractivity contribution is 5.99. The second-order valence-corrected chi connectivity index (χ2v) is 10.9. The number of aliphatic hydroxyl groups excluding tert-OH is 1. The number of rotatable bonds is 6. The number of pyridine rings is 1. The number of carbonyl (C=O) groups excluding carboxylic acids is 1. The van der Waals surface area contributed by atoms with E-state index in [4.69, 9.17) is 10.5 Å². The Morgan fingerprint density at radius 3 is 2.65 bits per heavy atom. The minimum Gasteiger partial charge on any atom is -0.393 e. The Morgan fingerprint density at radius 1 is 1.18 bits per heavy atom. The van der Waals surface area contributed by atoms with Crippen molar-refractivity contribution in [2.45, 2.75) is 49.7 Å². The quantitative estimate of drug-likeness (QED) is 0.610. The number of aliphatic hydroxyl groups is 1. The van der Waals surface area contributed by atoms with E-state index in [1.807, 2.05) is 6.07 Å². The van der Waals surface area contributed by atoms with E-state index in [0.717, 1.165) is 62.5 Å². The van der Waals surface area contributed by atoms with Crippen molar-refractivity contribution in [2.75, 3.05) is 38.6 Å². The van der Waals surface area contributed by atoms with Crippen LogP contribution in [0.2, 0.25) is 0 Å². The summed E-state index contributed by atoms with van der Waals surface area (Å²) in [6, 6.07) is 10.7. The number of piperidine rings is 1. The Labute approximate surface area is 200 Å². The summed E-state index contributed by atoms with van der Waals surface area (Å²) >= 11 is 0. The molecule has 2 saturated carbocycles. The van der Waals surface area contributed by atoms with E-state index in [-0.39, 0.29) is 23.9 Å². The van der Waals surface area contributed by atoms with Crippen molar-refractivity contribution in [3.05, 3.63) is 47.7 Å². The number of benzene rings is 1. The zero-order chi connectivity index (χ0) is 23.3. The molecule has 7 heteroatoms. The van der Waals surface area contributed by atoms with Gasteiger partial charge in [0.1, 0.15) is 5.82 Å². The number of hydrogen-bond acceptors (Lipinski definition) is 6. The van der Waals surface area contributed by atoms with Crippen LogP contribution in [0.5, 0.6) is 0 Å². The minimum atomic E-state index is -0.249. The molecule has 180 valence electrons. The summed E-state index contributed by atoms with van der Waals surface area (Å²) in [5, 5.41) is 12.8. The third kappa shape index (κ3) is 4.10. The van der Waals surface area contributed by atoms with Gasteiger partial charge in [-0.2, -0.15) is 0 Å². The Balaban J connectivity index is 1.14. The number of nitrogens with two attached hydrogens (primary N) is 1. The molecule has 6 rings (SSSR count). The number of aromatic nitrogens is 1. The van der Waals surface area contributed by atoms with Crippen molar-refractivity contribution in [1.82, 2.24) is 15.2 Å². The van der Waals surface area contributed by atoms with Crippen LogP contribution in [0.25, 0.3) is 11.1 Å².